The zero-order chi connectivity index (χ0) is 19.4. The van der Waals surface area contributed by atoms with Gasteiger partial charge in [0.05, 0.1) is 6.20 Å². The number of hydrogen-bond donors (Lipinski definition) is 3. The molecule has 1 aromatic heterocycles. The van der Waals surface area contributed by atoms with E-state index >= 15 is 0 Å². The van der Waals surface area contributed by atoms with Crippen molar-refractivity contribution in [2.45, 2.75) is 32.3 Å². The van der Waals surface area contributed by atoms with Crippen LogP contribution >= 0.6 is 11.6 Å². The minimum absolute atomic E-state index is 0.226. The third-order valence-electron chi connectivity index (χ3n) is 5.81. The third-order valence-corrected chi connectivity index (χ3v) is 6.04. The summed E-state index contributed by atoms with van der Waals surface area (Å²) in [6, 6.07) is 0.369. The predicted molar refractivity (Wildman–Crippen MR) is 107 cm³/mol. The Morgan fingerprint density at radius 3 is 2.22 bits per heavy atom. The van der Waals surface area contributed by atoms with Gasteiger partial charge in [-0.25, -0.2) is 0 Å². The zero-order valence-electron chi connectivity index (χ0n) is 16.0. The first-order valence-electron chi connectivity index (χ1n) is 9.61. The van der Waals surface area contributed by atoms with Crippen LogP contribution < -0.4 is 0 Å². The summed E-state index contributed by atoms with van der Waals surface area (Å²) in [6.45, 7) is 7.89. The van der Waals surface area contributed by atoms with Gasteiger partial charge in [0.25, 0.3) is 0 Å². The molecule has 0 atom stereocenters. The molecular weight excluding hydrogens is 366 g/mol. The van der Waals surface area contributed by atoms with Crippen LogP contribution in [0.5, 0.6) is 0 Å². The number of piperazine rings is 1. The first-order valence-corrected chi connectivity index (χ1v) is 10.1. The summed E-state index contributed by atoms with van der Waals surface area (Å²) in [5.74, 6) is 0.987. The molecule has 9 heteroatoms. The topological polar surface area (TPSA) is 95.5 Å². The lowest BCUT2D eigenvalue weighted by Crippen LogP contribution is -2.53. The van der Waals surface area contributed by atoms with Crippen molar-refractivity contribution in [2.24, 2.45) is 5.92 Å². The van der Waals surface area contributed by atoms with Crippen LogP contribution in [0, 0.1) is 23.7 Å². The van der Waals surface area contributed by atoms with Crippen LogP contribution in [0.1, 0.15) is 24.1 Å². The van der Waals surface area contributed by atoms with E-state index in [9.17, 15) is 5.11 Å². The highest BCUT2D eigenvalue weighted by atomic mass is 35.5. The Bertz CT molecular complexity index is 661. The molecule has 0 aromatic carbocycles. The number of amidine groups is 2. The maximum Gasteiger partial charge on any atom is 0.164 e. The Morgan fingerprint density at radius 1 is 1.11 bits per heavy atom. The van der Waals surface area contributed by atoms with E-state index in [1.807, 2.05) is 22.9 Å². The van der Waals surface area contributed by atoms with Gasteiger partial charge in [0.2, 0.25) is 0 Å². The average Bonchev–Trinajstić information content (AvgIpc) is 3.07. The van der Waals surface area contributed by atoms with E-state index in [-0.39, 0.29) is 6.61 Å². The molecule has 0 aliphatic carbocycles. The van der Waals surface area contributed by atoms with Gasteiger partial charge >= 0.3 is 0 Å². The molecule has 2 aliphatic heterocycles. The van der Waals surface area contributed by atoms with Crippen LogP contribution in [0.4, 0.5) is 0 Å². The van der Waals surface area contributed by atoms with E-state index in [0.29, 0.717) is 23.6 Å². The number of alkyl halides is 1. The minimum Gasteiger partial charge on any atom is -0.396 e. The number of aromatic nitrogens is 2. The van der Waals surface area contributed by atoms with Gasteiger partial charge in [-0.15, -0.1) is 11.6 Å². The van der Waals surface area contributed by atoms with Gasteiger partial charge in [-0.1, -0.05) is 0 Å². The van der Waals surface area contributed by atoms with Crippen molar-refractivity contribution in [2.75, 3.05) is 45.9 Å². The lowest BCUT2D eigenvalue weighted by molar-refractivity contribution is 0.163. The normalized spacial score (nSPS) is 19.5. The van der Waals surface area contributed by atoms with Crippen molar-refractivity contribution in [3.63, 3.8) is 0 Å². The molecule has 27 heavy (non-hydrogen) atoms. The van der Waals surface area contributed by atoms with Crippen LogP contribution in [-0.2, 0) is 12.5 Å². The van der Waals surface area contributed by atoms with Gasteiger partial charge in [-0.05, 0) is 25.7 Å². The molecule has 0 radical (unpaired) electrons. The summed E-state index contributed by atoms with van der Waals surface area (Å²) in [6.07, 6.45) is 3.68. The fraction of sp³-hybridized carbons (Fsp3) is 0.722. The van der Waals surface area contributed by atoms with Crippen molar-refractivity contribution < 1.29 is 5.11 Å². The second-order valence-electron chi connectivity index (χ2n) is 7.45. The van der Waals surface area contributed by atoms with Gasteiger partial charge in [0.15, 0.2) is 11.7 Å². The van der Waals surface area contributed by atoms with Crippen molar-refractivity contribution in [1.82, 2.24) is 24.5 Å². The summed E-state index contributed by atoms with van der Waals surface area (Å²) in [4.78, 5) is 6.35. The zero-order valence-corrected chi connectivity index (χ0v) is 16.8. The van der Waals surface area contributed by atoms with Gasteiger partial charge in [-0.2, -0.15) is 5.10 Å². The largest absolute Gasteiger partial charge is 0.396 e. The second kappa shape index (κ2) is 9.03. The monoisotopic (exact) mass is 395 g/mol. The molecule has 2 aliphatic rings. The molecule has 0 amide bonds. The number of hydrogen-bond acceptors (Lipinski definition) is 5. The van der Waals surface area contributed by atoms with E-state index in [1.54, 1.807) is 4.68 Å². The molecule has 2 fully saturated rings. The van der Waals surface area contributed by atoms with Crippen molar-refractivity contribution in [3.8, 4) is 0 Å². The lowest BCUT2D eigenvalue weighted by Gasteiger charge is -2.39. The molecule has 8 nitrogen and oxygen atoms in total. The van der Waals surface area contributed by atoms with Crippen LogP contribution in [0.15, 0.2) is 6.20 Å². The molecule has 0 saturated carbocycles. The fourth-order valence-corrected chi connectivity index (χ4v) is 4.01. The van der Waals surface area contributed by atoms with Gasteiger partial charge in [0.1, 0.15) is 6.00 Å². The Balaban J connectivity index is 1.47. The van der Waals surface area contributed by atoms with E-state index < -0.39 is 0 Å². The number of aliphatic hydroxyl groups is 1. The van der Waals surface area contributed by atoms with Crippen molar-refractivity contribution in [1.29, 1.82) is 10.8 Å². The smallest absolute Gasteiger partial charge is 0.164 e. The lowest BCUT2D eigenvalue weighted by atomic mass is 9.98. The number of nitrogens with zero attached hydrogens (tertiary/aromatic N) is 5. The number of likely N-dealkylation sites (tertiary alicyclic amines) is 1. The molecular formula is C18H30ClN7O. The molecule has 2 saturated heterocycles. The Hall–Kier alpha value is -1.64. The van der Waals surface area contributed by atoms with E-state index in [2.05, 4.69) is 10.00 Å². The maximum atomic E-state index is 9.25. The SMILES string of the molecule is Cc1c(CN2CCN(C(=N)C(=N)N3CCC(CO)CC3)CC2)cnn1CCl. The molecule has 0 bridgehead atoms. The summed E-state index contributed by atoms with van der Waals surface area (Å²) in [5.41, 5.74) is 2.30. The molecule has 3 N–H and O–H groups in total. The van der Waals surface area contributed by atoms with Crippen LogP contribution in [-0.4, -0.2) is 87.1 Å². The summed E-state index contributed by atoms with van der Waals surface area (Å²) in [5, 5.41) is 30.4. The van der Waals surface area contributed by atoms with Gasteiger partial charge in [0, 0.05) is 63.7 Å². The van der Waals surface area contributed by atoms with Crippen molar-refractivity contribution >= 4 is 23.3 Å². The Morgan fingerprint density at radius 2 is 1.70 bits per heavy atom. The molecule has 3 heterocycles. The average molecular weight is 396 g/mol. The fourth-order valence-electron chi connectivity index (χ4n) is 3.77. The minimum atomic E-state index is 0.226. The van der Waals surface area contributed by atoms with E-state index in [0.717, 1.165) is 64.3 Å². The molecule has 0 spiro atoms. The Kier molecular flexibility index (Phi) is 6.73. The first kappa shape index (κ1) is 20.1. The van der Waals surface area contributed by atoms with Crippen LogP contribution in [0.2, 0.25) is 0 Å². The maximum absolute atomic E-state index is 9.25. The highest BCUT2D eigenvalue weighted by molar-refractivity contribution is 6.37. The number of halogens is 1. The summed E-state index contributed by atoms with van der Waals surface area (Å²) >= 11 is 5.87. The Labute approximate surface area is 165 Å². The third kappa shape index (κ3) is 4.62. The molecule has 1 aromatic rings. The molecule has 150 valence electrons. The quantitative estimate of drug-likeness (QED) is 0.404. The molecule has 3 rings (SSSR count). The van der Waals surface area contributed by atoms with Crippen molar-refractivity contribution in [3.05, 3.63) is 17.5 Å². The number of nitrogens with one attached hydrogen (secondary N) is 2. The second-order valence-corrected chi connectivity index (χ2v) is 7.69. The summed E-state index contributed by atoms with van der Waals surface area (Å²) < 4.78 is 1.80. The van der Waals surface area contributed by atoms with Gasteiger partial charge < -0.3 is 14.9 Å². The number of piperidine rings is 1. The predicted octanol–water partition coefficient (Wildman–Crippen LogP) is 1.16. The van der Waals surface area contributed by atoms with E-state index in [1.165, 1.54) is 5.56 Å². The first-order chi connectivity index (χ1) is 13.0. The highest BCUT2D eigenvalue weighted by Gasteiger charge is 2.27. The van der Waals surface area contributed by atoms with Crippen LogP contribution in [0.3, 0.4) is 0 Å². The number of rotatable bonds is 4. The number of aliphatic hydroxyl groups excluding tert-OH is 1. The standard InChI is InChI=1S/C18H30ClN7O/c1-14-16(10-22-26(14)13-19)11-23-6-8-25(9-7-23)18(21)17(20)24-4-2-15(12-27)3-5-24/h10,15,20-21,27H,2-9,11-13H2,1H3. The van der Waals surface area contributed by atoms with Gasteiger partial charge in [-0.3, -0.25) is 20.4 Å². The molecule has 0 unspecified atom stereocenters. The van der Waals surface area contributed by atoms with E-state index in [4.69, 9.17) is 22.4 Å². The van der Waals surface area contributed by atoms with Crippen LogP contribution in [0.25, 0.3) is 0 Å². The summed E-state index contributed by atoms with van der Waals surface area (Å²) in [7, 11) is 0. The highest BCUT2D eigenvalue weighted by Crippen LogP contribution is 2.18.